The zero-order chi connectivity index (χ0) is 11.6. The summed E-state index contributed by atoms with van der Waals surface area (Å²) in [6.07, 6.45) is 0. The zero-order valence-corrected chi connectivity index (χ0v) is 9.46. The number of carbonyl (C=O) groups excluding carboxylic acids is 2. The van der Waals surface area contributed by atoms with E-state index in [2.05, 4.69) is 10.6 Å². The van der Waals surface area contributed by atoms with Crippen LogP contribution in [0.5, 0.6) is 0 Å². The first-order valence-corrected chi connectivity index (χ1v) is 5.17. The summed E-state index contributed by atoms with van der Waals surface area (Å²) in [5.41, 5.74) is 4.21. The van der Waals surface area contributed by atoms with Gasteiger partial charge in [-0.3, -0.25) is 9.59 Å². The highest BCUT2D eigenvalue weighted by Gasteiger charge is 2.34. The average Bonchev–Trinajstić information content (AvgIpc) is 2.50. The molecule has 1 saturated heterocycles. The Kier molecular flexibility index (Phi) is 3.34. The Morgan fingerprint density at radius 1 is 1.40 bits per heavy atom. The Labute approximate surface area is 89.8 Å². The van der Waals surface area contributed by atoms with Gasteiger partial charge in [-0.15, -0.1) is 0 Å². The number of primary amides is 1. The van der Waals surface area contributed by atoms with Crippen molar-refractivity contribution in [3.63, 3.8) is 0 Å². The highest BCUT2D eigenvalue weighted by Crippen LogP contribution is 2.17. The molecule has 0 aromatic rings. The molecule has 2 amide bonds. The van der Waals surface area contributed by atoms with E-state index in [0.717, 1.165) is 6.54 Å². The van der Waals surface area contributed by atoms with Crippen molar-refractivity contribution < 1.29 is 9.59 Å². The van der Waals surface area contributed by atoms with Crippen LogP contribution in [0, 0.1) is 11.8 Å². The van der Waals surface area contributed by atoms with Gasteiger partial charge in [-0.25, -0.2) is 0 Å². The summed E-state index contributed by atoms with van der Waals surface area (Å²) >= 11 is 0. The molecule has 0 saturated carbocycles. The Morgan fingerprint density at radius 3 is 2.40 bits per heavy atom. The van der Waals surface area contributed by atoms with E-state index in [1.54, 1.807) is 13.8 Å². The first kappa shape index (κ1) is 12.0. The van der Waals surface area contributed by atoms with Gasteiger partial charge in [-0.1, -0.05) is 6.92 Å². The van der Waals surface area contributed by atoms with Crippen LogP contribution in [0.1, 0.15) is 20.8 Å². The third kappa shape index (κ3) is 2.68. The monoisotopic (exact) mass is 213 g/mol. The van der Waals surface area contributed by atoms with Crippen molar-refractivity contribution in [2.24, 2.45) is 17.6 Å². The molecule has 1 heterocycles. The summed E-state index contributed by atoms with van der Waals surface area (Å²) in [4.78, 5) is 22.9. The van der Waals surface area contributed by atoms with Crippen molar-refractivity contribution >= 4 is 11.8 Å². The summed E-state index contributed by atoms with van der Waals surface area (Å²) in [6, 6.07) is 0. The lowest BCUT2D eigenvalue weighted by Gasteiger charge is -2.25. The quantitative estimate of drug-likeness (QED) is 0.575. The Hall–Kier alpha value is -1.10. The van der Waals surface area contributed by atoms with Crippen LogP contribution in [-0.2, 0) is 9.59 Å². The number of amides is 2. The topological polar surface area (TPSA) is 84.2 Å². The van der Waals surface area contributed by atoms with Crippen molar-refractivity contribution in [2.45, 2.75) is 26.3 Å². The SMILES string of the molecule is C[C@@H]1CNC[C@H]1C(=O)NC(C)(C)C(N)=O. The van der Waals surface area contributed by atoms with Gasteiger partial charge in [0.2, 0.25) is 11.8 Å². The number of nitrogens with two attached hydrogens (primary N) is 1. The molecule has 0 bridgehead atoms. The van der Waals surface area contributed by atoms with Crippen LogP contribution in [0.25, 0.3) is 0 Å². The molecule has 1 aliphatic heterocycles. The second-order valence-corrected chi connectivity index (χ2v) is 4.72. The molecule has 0 aliphatic carbocycles. The van der Waals surface area contributed by atoms with E-state index in [1.807, 2.05) is 6.92 Å². The molecule has 86 valence electrons. The number of rotatable bonds is 3. The van der Waals surface area contributed by atoms with Gasteiger partial charge in [0.05, 0.1) is 5.92 Å². The molecule has 0 radical (unpaired) electrons. The van der Waals surface area contributed by atoms with Crippen LogP contribution in [0.4, 0.5) is 0 Å². The van der Waals surface area contributed by atoms with Gasteiger partial charge in [-0.05, 0) is 26.3 Å². The third-order valence-corrected chi connectivity index (χ3v) is 2.91. The minimum absolute atomic E-state index is 0.0661. The Morgan fingerprint density at radius 2 is 2.00 bits per heavy atom. The fraction of sp³-hybridized carbons (Fsp3) is 0.800. The highest BCUT2D eigenvalue weighted by atomic mass is 16.2. The van der Waals surface area contributed by atoms with Crippen LogP contribution in [0.2, 0.25) is 0 Å². The van der Waals surface area contributed by atoms with Gasteiger partial charge in [0.1, 0.15) is 5.54 Å². The number of hydrogen-bond donors (Lipinski definition) is 3. The van der Waals surface area contributed by atoms with Gasteiger partial charge in [0, 0.05) is 6.54 Å². The normalized spacial score (nSPS) is 26.3. The molecule has 1 rings (SSSR count). The van der Waals surface area contributed by atoms with Crippen molar-refractivity contribution in [2.75, 3.05) is 13.1 Å². The number of nitrogens with one attached hydrogen (secondary N) is 2. The minimum Gasteiger partial charge on any atom is -0.368 e. The van der Waals surface area contributed by atoms with Gasteiger partial charge in [0.15, 0.2) is 0 Å². The summed E-state index contributed by atoms with van der Waals surface area (Å²) in [5, 5.41) is 5.82. The lowest BCUT2D eigenvalue weighted by Crippen LogP contribution is -2.55. The summed E-state index contributed by atoms with van der Waals surface area (Å²) in [5.74, 6) is -0.386. The van der Waals surface area contributed by atoms with Crippen LogP contribution in [-0.4, -0.2) is 30.4 Å². The molecule has 0 spiro atoms. The lowest BCUT2D eigenvalue weighted by molar-refractivity contribution is -0.132. The van der Waals surface area contributed by atoms with E-state index >= 15 is 0 Å². The smallest absolute Gasteiger partial charge is 0.242 e. The molecule has 1 aliphatic rings. The van der Waals surface area contributed by atoms with Gasteiger partial charge < -0.3 is 16.4 Å². The van der Waals surface area contributed by atoms with E-state index in [4.69, 9.17) is 5.73 Å². The summed E-state index contributed by atoms with van der Waals surface area (Å²) in [7, 11) is 0. The van der Waals surface area contributed by atoms with E-state index in [-0.39, 0.29) is 11.8 Å². The molecule has 2 atom stereocenters. The average molecular weight is 213 g/mol. The van der Waals surface area contributed by atoms with Crippen molar-refractivity contribution in [1.29, 1.82) is 0 Å². The van der Waals surface area contributed by atoms with E-state index in [1.165, 1.54) is 0 Å². The minimum atomic E-state index is -0.973. The third-order valence-electron chi connectivity index (χ3n) is 2.91. The largest absolute Gasteiger partial charge is 0.368 e. The van der Waals surface area contributed by atoms with Gasteiger partial charge in [0.25, 0.3) is 0 Å². The van der Waals surface area contributed by atoms with Gasteiger partial charge in [-0.2, -0.15) is 0 Å². The molecular weight excluding hydrogens is 194 g/mol. The fourth-order valence-corrected chi connectivity index (χ4v) is 1.62. The Balaban J connectivity index is 2.59. The van der Waals surface area contributed by atoms with E-state index in [0.29, 0.717) is 12.5 Å². The molecule has 5 nitrogen and oxygen atoms in total. The molecule has 0 unspecified atom stereocenters. The second-order valence-electron chi connectivity index (χ2n) is 4.72. The van der Waals surface area contributed by atoms with Crippen molar-refractivity contribution in [1.82, 2.24) is 10.6 Å². The summed E-state index contributed by atoms with van der Waals surface area (Å²) < 4.78 is 0. The molecule has 15 heavy (non-hydrogen) atoms. The van der Waals surface area contributed by atoms with Crippen LogP contribution in [0.3, 0.4) is 0 Å². The maximum absolute atomic E-state index is 11.8. The van der Waals surface area contributed by atoms with Gasteiger partial charge >= 0.3 is 0 Å². The molecule has 5 heteroatoms. The maximum atomic E-state index is 11.8. The highest BCUT2D eigenvalue weighted by molar-refractivity contribution is 5.90. The van der Waals surface area contributed by atoms with Crippen LogP contribution in [0.15, 0.2) is 0 Å². The first-order chi connectivity index (χ1) is 6.84. The predicted molar refractivity (Wildman–Crippen MR) is 56.9 cm³/mol. The van der Waals surface area contributed by atoms with Crippen LogP contribution >= 0.6 is 0 Å². The second kappa shape index (κ2) is 4.18. The molecular formula is C10H19N3O2. The standard InChI is InChI=1S/C10H19N3O2/c1-6-4-12-5-7(6)8(14)13-10(2,3)9(11)15/h6-7,12H,4-5H2,1-3H3,(H2,11,15)(H,13,14)/t6-,7-/m1/s1. The van der Waals surface area contributed by atoms with Crippen LogP contribution < -0.4 is 16.4 Å². The van der Waals surface area contributed by atoms with Crippen molar-refractivity contribution in [3.8, 4) is 0 Å². The van der Waals surface area contributed by atoms with Crippen molar-refractivity contribution in [3.05, 3.63) is 0 Å². The zero-order valence-electron chi connectivity index (χ0n) is 9.46. The molecule has 1 fully saturated rings. The fourth-order valence-electron chi connectivity index (χ4n) is 1.62. The first-order valence-electron chi connectivity index (χ1n) is 5.17. The predicted octanol–water partition coefficient (Wildman–Crippen LogP) is -0.778. The lowest BCUT2D eigenvalue weighted by atomic mass is 9.95. The van der Waals surface area contributed by atoms with E-state index < -0.39 is 11.4 Å². The number of carbonyl (C=O) groups is 2. The molecule has 0 aromatic heterocycles. The Bertz CT molecular complexity index is 276. The molecule has 4 N–H and O–H groups in total. The number of hydrogen-bond acceptors (Lipinski definition) is 3. The van der Waals surface area contributed by atoms with E-state index in [9.17, 15) is 9.59 Å². The molecule has 0 aromatic carbocycles. The maximum Gasteiger partial charge on any atom is 0.242 e. The summed E-state index contributed by atoms with van der Waals surface area (Å²) in [6.45, 7) is 6.75.